The van der Waals surface area contributed by atoms with E-state index in [2.05, 4.69) is 50.5 Å². The van der Waals surface area contributed by atoms with Gasteiger partial charge in [0.15, 0.2) is 0 Å². The van der Waals surface area contributed by atoms with Gasteiger partial charge in [-0.3, -0.25) is 0 Å². The zero-order chi connectivity index (χ0) is 16.5. The lowest BCUT2D eigenvalue weighted by Crippen LogP contribution is -2.40. The molecule has 0 fully saturated rings. The number of benzene rings is 1. The fourth-order valence-corrected chi connectivity index (χ4v) is 3.89. The number of hydrogen-bond donors (Lipinski definition) is 2. The van der Waals surface area contributed by atoms with Crippen LogP contribution in [0.4, 0.5) is 4.79 Å². The molecule has 24 heavy (non-hydrogen) atoms. The van der Waals surface area contributed by atoms with Crippen LogP contribution in [0.2, 0.25) is 0 Å². The quantitative estimate of drug-likeness (QED) is 0.903. The molecule has 1 aromatic heterocycles. The van der Waals surface area contributed by atoms with E-state index in [-0.39, 0.29) is 12.1 Å². The summed E-state index contributed by atoms with van der Waals surface area (Å²) in [5, 5.41) is 14.5. The van der Waals surface area contributed by atoms with Gasteiger partial charge in [-0.15, -0.1) is 10.2 Å². The molecular formula is C18H23N5O. The van der Waals surface area contributed by atoms with Crippen LogP contribution < -0.4 is 10.6 Å². The lowest BCUT2D eigenvalue weighted by atomic mass is 10.0. The number of carbonyl (C=O) groups excluding carboxylic acids is 1. The third-order valence-electron chi connectivity index (χ3n) is 5.11. The SMILES string of the molecule is C[C@@H]1Cc2ccccc2[C@H]1NC(=O)NCCc1nnc2n1CCC2. The standard InChI is InChI=1S/C18H23N5O/c1-12-11-13-5-2-3-6-14(13)17(12)20-18(24)19-9-8-16-22-21-15-7-4-10-23(15)16/h2-3,5-6,12,17H,4,7-11H2,1H3,(H2,19,20,24)/t12-,17+/m1/s1. The Bertz CT molecular complexity index is 754. The number of carbonyl (C=O) groups is 1. The Morgan fingerprint density at radius 2 is 2.21 bits per heavy atom. The summed E-state index contributed by atoms with van der Waals surface area (Å²) in [7, 11) is 0. The smallest absolute Gasteiger partial charge is 0.315 e. The molecule has 6 heteroatoms. The van der Waals surface area contributed by atoms with Crippen LogP contribution in [0.5, 0.6) is 0 Å². The maximum Gasteiger partial charge on any atom is 0.315 e. The molecule has 1 aromatic carbocycles. The molecule has 1 aliphatic heterocycles. The highest BCUT2D eigenvalue weighted by Crippen LogP contribution is 2.35. The third-order valence-corrected chi connectivity index (χ3v) is 5.11. The first-order chi connectivity index (χ1) is 11.7. The van der Waals surface area contributed by atoms with Crippen LogP contribution in [0.15, 0.2) is 24.3 Å². The highest BCUT2D eigenvalue weighted by atomic mass is 16.2. The van der Waals surface area contributed by atoms with E-state index in [1.165, 1.54) is 11.1 Å². The normalized spacial score (nSPS) is 21.4. The molecule has 2 N–H and O–H groups in total. The van der Waals surface area contributed by atoms with Crippen LogP contribution in [-0.4, -0.2) is 27.3 Å². The first kappa shape index (κ1) is 15.2. The van der Waals surface area contributed by atoms with Gasteiger partial charge in [0.1, 0.15) is 11.6 Å². The second-order valence-corrected chi connectivity index (χ2v) is 6.80. The van der Waals surface area contributed by atoms with Crippen molar-refractivity contribution in [2.24, 2.45) is 5.92 Å². The van der Waals surface area contributed by atoms with Gasteiger partial charge >= 0.3 is 6.03 Å². The van der Waals surface area contributed by atoms with Crippen molar-refractivity contribution in [3.8, 4) is 0 Å². The Hall–Kier alpha value is -2.37. The minimum absolute atomic E-state index is 0.0959. The molecule has 1 aliphatic carbocycles. The van der Waals surface area contributed by atoms with Crippen LogP contribution in [0.25, 0.3) is 0 Å². The lowest BCUT2D eigenvalue weighted by molar-refractivity contribution is 0.233. The summed E-state index contributed by atoms with van der Waals surface area (Å²) in [5.74, 6) is 2.47. The predicted octanol–water partition coefficient (Wildman–Crippen LogP) is 2.00. The Labute approximate surface area is 141 Å². The predicted molar refractivity (Wildman–Crippen MR) is 90.6 cm³/mol. The first-order valence-corrected chi connectivity index (χ1v) is 8.75. The van der Waals surface area contributed by atoms with Crippen LogP contribution in [-0.2, 0) is 25.8 Å². The van der Waals surface area contributed by atoms with Gasteiger partial charge in [0.2, 0.25) is 0 Å². The minimum atomic E-state index is -0.107. The number of urea groups is 1. The van der Waals surface area contributed by atoms with E-state index in [0.717, 1.165) is 43.9 Å². The number of rotatable bonds is 4. The Balaban J connectivity index is 1.31. The monoisotopic (exact) mass is 325 g/mol. The fraction of sp³-hybridized carbons (Fsp3) is 0.500. The fourth-order valence-electron chi connectivity index (χ4n) is 3.89. The van der Waals surface area contributed by atoms with Crippen molar-refractivity contribution in [1.82, 2.24) is 25.4 Å². The molecule has 6 nitrogen and oxygen atoms in total. The highest BCUT2D eigenvalue weighted by molar-refractivity contribution is 5.74. The highest BCUT2D eigenvalue weighted by Gasteiger charge is 2.30. The molecule has 0 bridgehead atoms. The summed E-state index contributed by atoms with van der Waals surface area (Å²) in [6, 6.07) is 8.35. The molecule has 2 aliphatic rings. The number of nitrogens with zero attached hydrogens (tertiary/aromatic N) is 3. The maximum absolute atomic E-state index is 12.3. The van der Waals surface area contributed by atoms with Crippen molar-refractivity contribution in [1.29, 1.82) is 0 Å². The number of nitrogens with one attached hydrogen (secondary N) is 2. The zero-order valence-corrected chi connectivity index (χ0v) is 14.0. The Morgan fingerprint density at radius 1 is 1.33 bits per heavy atom. The topological polar surface area (TPSA) is 71.8 Å². The number of fused-ring (bicyclic) bond motifs is 2. The number of aryl methyl sites for hydroxylation is 1. The van der Waals surface area contributed by atoms with Gasteiger partial charge in [-0.1, -0.05) is 31.2 Å². The molecule has 0 saturated heterocycles. The average molecular weight is 325 g/mol. The van der Waals surface area contributed by atoms with Crippen LogP contribution in [0, 0.1) is 5.92 Å². The molecule has 2 amide bonds. The number of hydrogen-bond acceptors (Lipinski definition) is 3. The maximum atomic E-state index is 12.3. The van der Waals surface area contributed by atoms with Crippen LogP contribution in [0.1, 0.15) is 42.2 Å². The van der Waals surface area contributed by atoms with Crippen molar-refractivity contribution >= 4 is 6.03 Å². The van der Waals surface area contributed by atoms with Crippen molar-refractivity contribution in [3.05, 3.63) is 47.0 Å². The molecule has 126 valence electrons. The van der Waals surface area contributed by atoms with Crippen LogP contribution in [0.3, 0.4) is 0 Å². The third kappa shape index (κ3) is 2.77. The molecule has 0 radical (unpaired) electrons. The molecule has 0 spiro atoms. The first-order valence-electron chi connectivity index (χ1n) is 8.75. The number of amides is 2. The summed E-state index contributed by atoms with van der Waals surface area (Å²) in [6.07, 6.45) is 3.90. The van der Waals surface area contributed by atoms with Crippen molar-refractivity contribution in [2.75, 3.05) is 6.54 Å². The Kier molecular flexibility index (Phi) is 3.96. The molecular weight excluding hydrogens is 302 g/mol. The van der Waals surface area contributed by atoms with Gasteiger partial charge in [0.05, 0.1) is 6.04 Å². The van der Waals surface area contributed by atoms with Gasteiger partial charge in [-0.25, -0.2) is 4.79 Å². The second kappa shape index (κ2) is 6.26. The summed E-state index contributed by atoms with van der Waals surface area (Å²) in [5.41, 5.74) is 2.59. The summed E-state index contributed by atoms with van der Waals surface area (Å²) in [4.78, 5) is 12.3. The summed E-state index contributed by atoms with van der Waals surface area (Å²) in [6.45, 7) is 3.76. The van der Waals surface area contributed by atoms with Gasteiger partial charge in [-0.05, 0) is 29.9 Å². The van der Waals surface area contributed by atoms with E-state index >= 15 is 0 Å². The van der Waals surface area contributed by atoms with E-state index in [1.54, 1.807) is 0 Å². The van der Waals surface area contributed by atoms with Crippen molar-refractivity contribution in [2.45, 2.75) is 45.2 Å². The van der Waals surface area contributed by atoms with E-state index < -0.39 is 0 Å². The average Bonchev–Trinajstić information content (AvgIpc) is 3.24. The van der Waals surface area contributed by atoms with E-state index in [4.69, 9.17) is 0 Å². The van der Waals surface area contributed by atoms with Gasteiger partial charge in [0, 0.05) is 25.9 Å². The van der Waals surface area contributed by atoms with E-state index in [9.17, 15) is 4.79 Å². The molecule has 2 atom stereocenters. The van der Waals surface area contributed by atoms with Crippen LogP contribution >= 0.6 is 0 Å². The molecule has 2 aromatic rings. The van der Waals surface area contributed by atoms with Gasteiger partial charge in [0.25, 0.3) is 0 Å². The minimum Gasteiger partial charge on any atom is -0.338 e. The Morgan fingerprint density at radius 3 is 3.12 bits per heavy atom. The number of aromatic nitrogens is 3. The summed E-state index contributed by atoms with van der Waals surface area (Å²) < 4.78 is 2.18. The zero-order valence-electron chi connectivity index (χ0n) is 14.0. The van der Waals surface area contributed by atoms with Crippen molar-refractivity contribution < 1.29 is 4.79 Å². The molecule has 4 rings (SSSR count). The van der Waals surface area contributed by atoms with Gasteiger partial charge < -0.3 is 15.2 Å². The lowest BCUT2D eigenvalue weighted by Gasteiger charge is -2.19. The second-order valence-electron chi connectivity index (χ2n) is 6.80. The molecule has 0 unspecified atom stereocenters. The molecule has 2 heterocycles. The van der Waals surface area contributed by atoms with Gasteiger partial charge in [-0.2, -0.15) is 0 Å². The summed E-state index contributed by atoms with van der Waals surface area (Å²) >= 11 is 0. The van der Waals surface area contributed by atoms with E-state index in [1.807, 2.05) is 6.07 Å². The van der Waals surface area contributed by atoms with Crippen molar-refractivity contribution in [3.63, 3.8) is 0 Å². The van der Waals surface area contributed by atoms with E-state index in [0.29, 0.717) is 12.5 Å². The largest absolute Gasteiger partial charge is 0.338 e. The molecule has 0 saturated carbocycles.